The molecule has 30 heavy (non-hydrogen) atoms. The highest BCUT2D eigenvalue weighted by molar-refractivity contribution is 7.15. The van der Waals surface area contributed by atoms with Gasteiger partial charge in [0.1, 0.15) is 5.75 Å². The highest BCUT2D eigenvalue weighted by atomic mass is 32.1. The topological polar surface area (TPSA) is 98.8 Å². The zero-order chi connectivity index (χ0) is 21.3. The van der Waals surface area contributed by atoms with E-state index >= 15 is 0 Å². The molecule has 4 aromatic rings. The lowest BCUT2D eigenvalue weighted by atomic mass is 10.1. The average Bonchev–Trinajstić information content (AvgIpc) is 3.30. The Morgan fingerprint density at radius 1 is 1.27 bits per heavy atom. The van der Waals surface area contributed by atoms with Gasteiger partial charge in [-0.3, -0.25) is 19.3 Å². The molecule has 2 aromatic heterocycles. The number of hydrogen-bond donors (Lipinski definition) is 1. The van der Waals surface area contributed by atoms with Crippen molar-refractivity contribution in [1.29, 1.82) is 0 Å². The van der Waals surface area contributed by atoms with Gasteiger partial charge >= 0.3 is 0 Å². The molecule has 8 nitrogen and oxygen atoms in total. The summed E-state index contributed by atoms with van der Waals surface area (Å²) in [5, 5.41) is 15.6. The predicted octanol–water partition coefficient (Wildman–Crippen LogP) is 4.47. The van der Waals surface area contributed by atoms with Gasteiger partial charge in [0.25, 0.3) is 5.69 Å². The first-order chi connectivity index (χ1) is 14.4. The molecule has 4 rings (SSSR count). The molecule has 0 aliphatic carbocycles. The Kier molecular flexibility index (Phi) is 5.20. The Bertz CT molecular complexity index is 1240. The van der Waals surface area contributed by atoms with Crippen LogP contribution in [0.3, 0.4) is 0 Å². The maximum atomic E-state index is 12.6. The maximum absolute atomic E-state index is 12.6. The molecule has 0 atom stereocenters. The fraction of sp³-hybridized carbons (Fsp3) is 0.143. The maximum Gasteiger partial charge on any atom is 0.271 e. The fourth-order valence-corrected chi connectivity index (χ4v) is 3.96. The SMILES string of the molecule is COc1ccc([N+](=O)[O-])cc1NC(=O)Cc1csc2nc(-c3ccc(C)cc3)cn12. The molecule has 152 valence electrons. The highest BCUT2D eigenvalue weighted by Gasteiger charge is 2.16. The first kappa shape index (κ1) is 19.6. The number of amides is 1. The van der Waals surface area contributed by atoms with Crippen molar-refractivity contribution in [3.05, 3.63) is 75.4 Å². The third kappa shape index (κ3) is 3.87. The smallest absolute Gasteiger partial charge is 0.271 e. The minimum Gasteiger partial charge on any atom is -0.495 e. The summed E-state index contributed by atoms with van der Waals surface area (Å²) >= 11 is 1.45. The van der Waals surface area contributed by atoms with Crippen LogP contribution in [0.4, 0.5) is 11.4 Å². The highest BCUT2D eigenvalue weighted by Crippen LogP contribution is 2.29. The van der Waals surface area contributed by atoms with Crippen molar-refractivity contribution in [3.8, 4) is 17.0 Å². The largest absolute Gasteiger partial charge is 0.495 e. The van der Waals surface area contributed by atoms with Gasteiger partial charge in [-0.15, -0.1) is 11.3 Å². The molecule has 0 saturated heterocycles. The van der Waals surface area contributed by atoms with Crippen molar-refractivity contribution in [1.82, 2.24) is 9.38 Å². The van der Waals surface area contributed by atoms with Gasteiger partial charge in [0.05, 0.1) is 29.8 Å². The fourth-order valence-electron chi connectivity index (χ4n) is 3.09. The number of hydrogen-bond acceptors (Lipinski definition) is 6. The van der Waals surface area contributed by atoms with Crippen LogP contribution in [0.2, 0.25) is 0 Å². The lowest BCUT2D eigenvalue weighted by Gasteiger charge is -2.09. The van der Waals surface area contributed by atoms with Gasteiger partial charge < -0.3 is 10.1 Å². The van der Waals surface area contributed by atoms with E-state index in [4.69, 9.17) is 4.74 Å². The van der Waals surface area contributed by atoms with Crippen molar-refractivity contribution in [2.75, 3.05) is 12.4 Å². The number of nitro benzene ring substituents is 1. The molecule has 0 fully saturated rings. The van der Waals surface area contributed by atoms with Crippen molar-refractivity contribution in [2.24, 2.45) is 0 Å². The zero-order valence-electron chi connectivity index (χ0n) is 16.3. The summed E-state index contributed by atoms with van der Waals surface area (Å²) in [7, 11) is 1.44. The standard InChI is InChI=1S/C21H18N4O4S/c1-13-3-5-14(6-4-13)18-11-24-16(12-30-21(24)23-18)10-20(26)22-17-9-15(25(27)28)7-8-19(17)29-2/h3-9,11-12H,10H2,1-2H3,(H,22,26). The summed E-state index contributed by atoms with van der Waals surface area (Å²) < 4.78 is 7.09. The number of nitrogens with zero attached hydrogens (tertiary/aromatic N) is 3. The van der Waals surface area contributed by atoms with E-state index in [0.29, 0.717) is 5.75 Å². The van der Waals surface area contributed by atoms with Crippen molar-refractivity contribution in [2.45, 2.75) is 13.3 Å². The molecule has 1 amide bonds. The van der Waals surface area contributed by atoms with Crippen LogP contribution in [-0.2, 0) is 11.2 Å². The summed E-state index contributed by atoms with van der Waals surface area (Å²) in [5.41, 5.74) is 3.93. The normalized spacial score (nSPS) is 10.9. The van der Waals surface area contributed by atoms with Crippen LogP contribution in [0, 0.1) is 17.0 Å². The molecular formula is C21H18N4O4S. The van der Waals surface area contributed by atoms with Gasteiger partial charge in [0.2, 0.25) is 5.91 Å². The molecule has 0 aliphatic heterocycles. The number of nitrogens with one attached hydrogen (secondary N) is 1. The van der Waals surface area contributed by atoms with Gasteiger partial charge in [-0.25, -0.2) is 4.98 Å². The first-order valence-electron chi connectivity index (χ1n) is 9.09. The summed E-state index contributed by atoms with van der Waals surface area (Å²) in [6.45, 7) is 2.03. The Morgan fingerprint density at radius 2 is 2.03 bits per heavy atom. The molecule has 0 radical (unpaired) electrons. The van der Waals surface area contributed by atoms with Gasteiger partial charge in [0.15, 0.2) is 4.96 Å². The second-order valence-electron chi connectivity index (χ2n) is 6.74. The number of fused-ring (bicyclic) bond motifs is 1. The zero-order valence-corrected chi connectivity index (χ0v) is 17.1. The second kappa shape index (κ2) is 7.96. The molecule has 9 heteroatoms. The van der Waals surface area contributed by atoms with E-state index in [2.05, 4.69) is 10.3 Å². The number of carbonyl (C=O) groups is 1. The quantitative estimate of drug-likeness (QED) is 0.365. The van der Waals surface area contributed by atoms with Crippen LogP contribution >= 0.6 is 11.3 Å². The molecule has 1 N–H and O–H groups in total. The lowest BCUT2D eigenvalue weighted by Crippen LogP contribution is -2.16. The number of aromatic nitrogens is 2. The Hall–Kier alpha value is -3.72. The summed E-state index contributed by atoms with van der Waals surface area (Å²) in [6.07, 6.45) is 2.00. The van der Waals surface area contributed by atoms with Gasteiger partial charge in [-0.05, 0) is 13.0 Å². The second-order valence-corrected chi connectivity index (χ2v) is 7.57. The van der Waals surface area contributed by atoms with E-state index in [1.54, 1.807) is 0 Å². The summed E-state index contributed by atoms with van der Waals surface area (Å²) in [6, 6.07) is 12.2. The molecule has 2 heterocycles. The summed E-state index contributed by atoms with van der Waals surface area (Å²) in [4.78, 5) is 28.6. The van der Waals surface area contributed by atoms with E-state index in [1.165, 1.54) is 42.2 Å². The molecular weight excluding hydrogens is 404 g/mol. The molecule has 0 aliphatic rings. The van der Waals surface area contributed by atoms with Crippen LogP contribution in [-0.4, -0.2) is 27.3 Å². The van der Waals surface area contributed by atoms with E-state index < -0.39 is 4.92 Å². The monoisotopic (exact) mass is 422 g/mol. The predicted molar refractivity (Wildman–Crippen MR) is 115 cm³/mol. The van der Waals surface area contributed by atoms with E-state index in [1.807, 2.05) is 47.2 Å². The van der Waals surface area contributed by atoms with Crippen LogP contribution in [0.15, 0.2) is 54.0 Å². The van der Waals surface area contributed by atoms with Crippen LogP contribution in [0.25, 0.3) is 16.2 Å². The molecule has 2 aromatic carbocycles. The number of aryl methyl sites for hydroxylation is 1. The molecule has 0 saturated carbocycles. The van der Waals surface area contributed by atoms with E-state index in [9.17, 15) is 14.9 Å². The molecule has 0 spiro atoms. The van der Waals surface area contributed by atoms with Crippen LogP contribution in [0.1, 0.15) is 11.3 Å². The van der Waals surface area contributed by atoms with E-state index in [-0.39, 0.29) is 23.7 Å². The van der Waals surface area contributed by atoms with Gasteiger partial charge in [0, 0.05) is 35.0 Å². The number of methoxy groups -OCH3 is 1. The van der Waals surface area contributed by atoms with Crippen LogP contribution in [0.5, 0.6) is 5.75 Å². The van der Waals surface area contributed by atoms with Crippen LogP contribution < -0.4 is 10.1 Å². The average molecular weight is 422 g/mol. The number of thiazole rings is 1. The first-order valence-corrected chi connectivity index (χ1v) is 9.97. The number of anilines is 1. The number of rotatable bonds is 6. The number of nitro groups is 1. The number of ether oxygens (including phenoxy) is 1. The number of carbonyl (C=O) groups excluding carboxylic acids is 1. The van der Waals surface area contributed by atoms with Gasteiger partial charge in [-0.1, -0.05) is 29.8 Å². The molecule has 0 bridgehead atoms. The third-order valence-electron chi connectivity index (χ3n) is 4.64. The number of benzene rings is 2. The minimum atomic E-state index is -0.518. The number of imidazole rings is 1. The van der Waals surface area contributed by atoms with E-state index in [0.717, 1.165) is 21.9 Å². The van der Waals surface area contributed by atoms with Gasteiger partial charge in [-0.2, -0.15) is 0 Å². The summed E-state index contributed by atoms with van der Waals surface area (Å²) in [5.74, 6) is 0.0489. The lowest BCUT2D eigenvalue weighted by molar-refractivity contribution is -0.384. The Labute approximate surface area is 175 Å². The van der Waals surface area contributed by atoms with Crippen molar-refractivity contribution >= 4 is 33.6 Å². The van der Waals surface area contributed by atoms with Crippen molar-refractivity contribution in [3.63, 3.8) is 0 Å². The Balaban J connectivity index is 1.56. The molecule has 0 unspecified atom stereocenters. The minimum absolute atomic E-state index is 0.0928. The number of non-ortho nitro benzene ring substituents is 1. The van der Waals surface area contributed by atoms with Crippen molar-refractivity contribution < 1.29 is 14.5 Å². The third-order valence-corrected chi connectivity index (χ3v) is 5.53. The Morgan fingerprint density at radius 3 is 2.73 bits per heavy atom.